The largest absolute Gasteiger partial charge is 0.400 e. The highest BCUT2D eigenvalue weighted by Crippen LogP contribution is 2.37. The predicted octanol–water partition coefficient (Wildman–Crippen LogP) is 2.81. The van der Waals surface area contributed by atoms with Crippen LogP contribution in [0.15, 0.2) is 18.0 Å². The van der Waals surface area contributed by atoms with Crippen LogP contribution in [-0.2, 0) is 17.6 Å². The molecule has 2 aliphatic heterocycles. The molecule has 3 heterocycles. The molecule has 2 aliphatic rings. The molecular formula is C26H46N4O3S. The first-order valence-corrected chi connectivity index (χ1v) is 13.9. The lowest BCUT2D eigenvalue weighted by atomic mass is 9.85. The summed E-state index contributed by atoms with van der Waals surface area (Å²) in [4.78, 5) is 5.23. The summed E-state index contributed by atoms with van der Waals surface area (Å²) in [6.45, 7) is 8.82. The SMILES string of the molecule is CCc1cc(C2CCN(C/C(N)=C/N(N)CC(CO)CC3CCOCC3)C(C)C2)c(CCO)s1. The number of nitrogens with two attached hydrogens (primary N) is 2. The van der Waals surface area contributed by atoms with Crippen molar-refractivity contribution in [3.8, 4) is 0 Å². The maximum Gasteiger partial charge on any atom is 0.0479 e. The van der Waals surface area contributed by atoms with Gasteiger partial charge in [-0.1, -0.05) is 6.92 Å². The first-order valence-electron chi connectivity index (χ1n) is 13.1. The Bertz CT molecular complexity index is 765. The van der Waals surface area contributed by atoms with Gasteiger partial charge < -0.3 is 25.7 Å². The van der Waals surface area contributed by atoms with Crippen LogP contribution in [0.25, 0.3) is 0 Å². The van der Waals surface area contributed by atoms with Crippen molar-refractivity contribution in [1.29, 1.82) is 0 Å². The number of rotatable bonds is 12. The van der Waals surface area contributed by atoms with E-state index >= 15 is 0 Å². The summed E-state index contributed by atoms with van der Waals surface area (Å²) in [5.41, 5.74) is 8.61. The first-order chi connectivity index (χ1) is 16.4. The molecule has 6 N–H and O–H groups in total. The number of hydrogen-bond donors (Lipinski definition) is 4. The van der Waals surface area contributed by atoms with E-state index in [0.29, 0.717) is 31.0 Å². The summed E-state index contributed by atoms with van der Waals surface area (Å²) in [6.07, 6.45) is 9.00. The van der Waals surface area contributed by atoms with Crippen molar-refractivity contribution >= 4 is 11.3 Å². The smallest absolute Gasteiger partial charge is 0.0479 e. The normalized spacial score (nSPS) is 23.9. The number of aliphatic hydroxyl groups is 2. The van der Waals surface area contributed by atoms with Gasteiger partial charge in [0, 0.05) is 79.5 Å². The molecule has 0 saturated carbocycles. The first kappa shape index (κ1) is 27.4. The van der Waals surface area contributed by atoms with Gasteiger partial charge in [0.25, 0.3) is 0 Å². The van der Waals surface area contributed by atoms with E-state index < -0.39 is 0 Å². The van der Waals surface area contributed by atoms with Crippen molar-refractivity contribution in [2.24, 2.45) is 23.4 Å². The second-order valence-electron chi connectivity index (χ2n) is 10.2. The van der Waals surface area contributed by atoms with Crippen LogP contribution in [0, 0.1) is 11.8 Å². The number of hydrazine groups is 1. The van der Waals surface area contributed by atoms with Gasteiger partial charge >= 0.3 is 0 Å². The van der Waals surface area contributed by atoms with Crippen molar-refractivity contribution in [2.45, 2.75) is 70.8 Å². The minimum absolute atomic E-state index is 0.143. The van der Waals surface area contributed by atoms with Crippen LogP contribution in [0.3, 0.4) is 0 Å². The van der Waals surface area contributed by atoms with Gasteiger partial charge in [0.1, 0.15) is 0 Å². The Morgan fingerprint density at radius 1 is 1.32 bits per heavy atom. The molecule has 3 rings (SSSR count). The van der Waals surface area contributed by atoms with E-state index in [1.807, 2.05) is 17.5 Å². The summed E-state index contributed by atoms with van der Waals surface area (Å²) in [5.74, 6) is 7.57. The zero-order valence-corrected chi connectivity index (χ0v) is 21.9. The summed E-state index contributed by atoms with van der Waals surface area (Å²) < 4.78 is 5.45. The van der Waals surface area contributed by atoms with Crippen molar-refractivity contribution in [1.82, 2.24) is 9.91 Å². The second kappa shape index (κ2) is 13.8. The van der Waals surface area contributed by atoms with E-state index in [4.69, 9.17) is 16.3 Å². The third-order valence-corrected chi connectivity index (χ3v) is 8.84. The third-order valence-electron chi connectivity index (χ3n) is 7.49. The molecule has 3 unspecified atom stereocenters. The number of thiophene rings is 1. The summed E-state index contributed by atoms with van der Waals surface area (Å²) in [5, 5.41) is 21.0. The van der Waals surface area contributed by atoms with Crippen LogP contribution in [-0.4, -0.2) is 72.2 Å². The highest BCUT2D eigenvalue weighted by atomic mass is 32.1. The molecule has 0 aromatic carbocycles. The van der Waals surface area contributed by atoms with E-state index in [0.717, 1.165) is 70.4 Å². The molecule has 194 valence electrons. The Kier molecular flexibility index (Phi) is 11.1. The summed E-state index contributed by atoms with van der Waals surface area (Å²) in [7, 11) is 0. The molecule has 8 heteroatoms. The average Bonchev–Trinajstić information content (AvgIpc) is 3.24. The minimum Gasteiger partial charge on any atom is -0.400 e. The molecule has 34 heavy (non-hydrogen) atoms. The molecule has 0 amide bonds. The Hall–Kier alpha value is -1.16. The number of likely N-dealkylation sites (tertiary alicyclic amines) is 1. The molecule has 7 nitrogen and oxygen atoms in total. The maximum atomic E-state index is 9.84. The van der Waals surface area contributed by atoms with Gasteiger partial charge in [-0.25, -0.2) is 5.84 Å². The summed E-state index contributed by atoms with van der Waals surface area (Å²) >= 11 is 1.87. The zero-order chi connectivity index (χ0) is 24.5. The highest BCUT2D eigenvalue weighted by Gasteiger charge is 2.29. The molecule has 2 saturated heterocycles. The fourth-order valence-corrected chi connectivity index (χ4v) is 6.74. The topological polar surface area (TPSA) is 108 Å². The highest BCUT2D eigenvalue weighted by molar-refractivity contribution is 7.12. The van der Waals surface area contributed by atoms with E-state index in [2.05, 4.69) is 24.8 Å². The Labute approximate surface area is 209 Å². The number of ether oxygens (including phenoxy) is 1. The molecule has 1 aromatic heterocycles. The van der Waals surface area contributed by atoms with Crippen LogP contribution >= 0.6 is 11.3 Å². The van der Waals surface area contributed by atoms with E-state index in [-0.39, 0.29) is 19.1 Å². The lowest BCUT2D eigenvalue weighted by Gasteiger charge is -2.38. The van der Waals surface area contributed by atoms with Crippen LogP contribution in [0.1, 0.15) is 67.2 Å². The van der Waals surface area contributed by atoms with Gasteiger partial charge in [0.2, 0.25) is 0 Å². The monoisotopic (exact) mass is 494 g/mol. The summed E-state index contributed by atoms with van der Waals surface area (Å²) in [6, 6.07) is 2.81. The number of piperidine rings is 1. The van der Waals surface area contributed by atoms with Gasteiger partial charge in [0.05, 0.1) is 0 Å². The van der Waals surface area contributed by atoms with Crippen LogP contribution in [0.4, 0.5) is 0 Å². The van der Waals surface area contributed by atoms with Crippen molar-refractivity contribution < 1.29 is 14.9 Å². The number of nitrogens with zero attached hydrogens (tertiary/aromatic N) is 2. The second-order valence-corrected chi connectivity index (χ2v) is 11.4. The van der Waals surface area contributed by atoms with Crippen LogP contribution in [0.5, 0.6) is 0 Å². The molecule has 0 radical (unpaired) electrons. The van der Waals surface area contributed by atoms with Crippen LogP contribution < -0.4 is 11.6 Å². The fourth-order valence-electron chi connectivity index (χ4n) is 5.55. The lowest BCUT2D eigenvalue weighted by molar-refractivity contribution is 0.0512. The Morgan fingerprint density at radius 2 is 2.09 bits per heavy atom. The van der Waals surface area contributed by atoms with Crippen molar-refractivity contribution in [3.63, 3.8) is 0 Å². The number of aliphatic hydroxyl groups excluding tert-OH is 2. The van der Waals surface area contributed by atoms with Gasteiger partial charge in [-0.05, 0) is 75.5 Å². The molecular weight excluding hydrogens is 448 g/mol. The van der Waals surface area contributed by atoms with Gasteiger partial charge in [-0.2, -0.15) is 0 Å². The Morgan fingerprint density at radius 3 is 2.74 bits per heavy atom. The molecule has 0 spiro atoms. The van der Waals surface area contributed by atoms with E-state index in [1.165, 1.54) is 15.3 Å². The van der Waals surface area contributed by atoms with Gasteiger partial charge in [-0.3, -0.25) is 4.90 Å². The van der Waals surface area contributed by atoms with Crippen molar-refractivity contribution in [3.05, 3.63) is 33.3 Å². The van der Waals surface area contributed by atoms with Crippen molar-refractivity contribution in [2.75, 3.05) is 46.1 Å². The maximum absolute atomic E-state index is 9.84. The zero-order valence-electron chi connectivity index (χ0n) is 21.1. The minimum atomic E-state index is 0.143. The fraction of sp³-hybridized carbons (Fsp3) is 0.769. The molecule has 2 fully saturated rings. The molecule has 0 bridgehead atoms. The predicted molar refractivity (Wildman–Crippen MR) is 139 cm³/mol. The quantitative estimate of drug-likeness (QED) is 0.261. The number of aryl methyl sites for hydroxylation is 1. The lowest BCUT2D eigenvalue weighted by Crippen LogP contribution is -2.43. The van der Waals surface area contributed by atoms with Gasteiger partial charge in [-0.15, -0.1) is 11.3 Å². The standard InChI is InChI=1S/C26H46N4O3S/c1-3-24-14-25(26(34-24)5-9-31)22-4-8-29(19(2)12-22)16-23(27)17-30(28)15-21(18-32)13-20-6-10-33-11-7-20/h14,17,19-22,31-32H,3-13,15-16,18,27-28H2,1-2H3/b23-17-. The van der Waals surface area contributed by atoms with Gasteiger partial charge in [0.15, 0.2) is 0 Å². The average molecular weight is 495 g/mol. The third kappa shape index (κ3) is 7.93. The number of hydrogen-bond acceptors (Lipinski definition) is 8. The molecule has 0 aliphatic carbocycles. The molecule has 3 atom stereocenters. The van der Waals surface area contributed by atoms with E-state index in [9.17, 15) is 10.2 Å². The molecule has 1 aromatic rings. The Balaban J connectivity index is 1.50. The van der Waals surface area contributed by atoms with E-state index in [1.54, 1.807) is 5.01 Å². The van der Waals surface area contributed by atoms with Crippen LogP contribution in [0.2, 0.25) is 0 Å².